The normalized spacial score (nSPS) is 21.2. The lowest BCUT2D eigenvalue weighted by molar-refractivity contribution is 0.0783. The fraction of sp³-hybridized carbons (Fsp3) is 0.385. The first-order valence-electron chi connectivity index (χ1n) is 12.0. The quantitative estimate of drug-likeness (QED) is 0.500. The number of hydrogen-bond acceptors (Lipinski definition) is 8. The molecular formula is C26H31N5O4S. The van der Waals surface area contributed by atoms with Gasteiger partial charge in [0, 0.05) is 51.2 Å². The highest BCUT2D eigenvalue weighted by Crippen LogP contribution is 2.27. The van der Waals surface area contributed by atoms with E-state index in [4.69, 9.17) is 4.74 Å². The second-order valence-corrected chi connectivity index (χ2v) is 11.3. The summed E-state index contributed by atoms with van der Waals surface area (Å²) in [5.41, 5.74) is 2.85. The molecule has 5 rings (SSSR count). The molecule has 3 aromatic rings. The zero-order valence-electron chi connectivity index (χ0n) is 20.4. The largest absolute Gasteiger partial charge is 0.390 e. The predicted molar refractivity (Wildman–Crippen MR) is 138 cm³/mol. The van der Waals surface area contributed by atoms with Gasteiger partial charge in [0.25, 0.3) is 0 Å². The number of benzene rings is 1. The van der Waals surface area contributed by atoms with E-state index in [1.165, 1.54) is 4.31 Å². The van der Waals surface area contributed by atoms with Crippen LogP contribution in [0.2, 0.25) is 0 Å². The van der Waals surface area contributed by atoms with Crippen LogP contribution in [0.4, 0.5) is 11.6 Å². The molecule has 2 aliphatic heterocycles. The maximum Gasteiger partial charge on any atom is 0.243 e. The van der Waals surface area contributed by atoms with E-state index in [-0.39, 0.29) is 23.6 Å². The van der Waals surface area contributed by atoms with Crippen molar-refractivity contribution in [1.29, 1.82) is 0 Å². The van der Waals surface area contributed by atoms with Crippen LogP contribution in [-0.2, 0) is 14.8 Å². The Balaban J connectivity index is 1.22. The molecule has 0 aliphatic carbocycles. The number of aliphatic hydroxyl groups is 1. The highest BCUT2D eigenvalue weighted by atomic mass is 32.2. The minimum absolute atomic E-state index is 0.0272. The van der Waals surface area contributed by atoms with Crippen molar-refractivity contribution < 1.29 is 18.3 Å². The third-order valence-corrected chi connectivity index (χ3v) is 8.75. The van der Waals surface area contributed by atoms with Crippen molar-refractivity contribution in [3.8, 4) is 11.1 Å². The molecule has 0 spiro atoms. The second-order valence-electron chi connectivity index (χ2n) is 9.38. The smallest absolute Gasteiger partial charge is 0.243 e. The van der Waals surface area contributed by atoms with Crippen LogP contribution in [0.3, 0.4) is 0 Å². The van der Waals surface area contributed by atoms with Crippen molar-refractivity contribution in [2.24, 2.45) is 0 Å². The third-order valence-electron chi connectivity index (χ3n) is 6.87. The third kappa shape index (κ3) is 5.08. The van der Waals surface area contributed by atoms with Crippen LogP contribution in [0.5, 0.6) is 0 Å². The van der Waals surface area contributed by atoms with Crippen molar-refractivity contribution in [3.63, 3.8) is 0 Å². The van der Waals surface area contributed by atoms with Gasteiger partial charge in [0.15, 0.2) is 0 Å². The van der Waals surface area contributed by atoms with E-state index in [2.05, 4.69) is 20.2 Å². The molecule has 0 amide bonds. The molecule has 190 valence electrons. The van der Waals surface area contributed by atoms with Gasteiger partial charge >= 0.3 is 0 Å². The SMILES string of the molecule is COC1CN(c2ccc(-c3ccc(S(=O)(=O)N4CC[C@@H](Nc5ccc(C)cn5)[C@@H](O)C4)cc3)cn2)C1. The van der Waals surface area contributed by atoms with Crippen LogP contribution in [0.25, 0.3) is 11.1 Å². The number of pyridine rings is 2. The van der Waals surface area contributed by atoms with E-state index < -0.39 is 16.1 Å². The Labute approximate surface area is 211 Å². The fourth-order valence-corrected chi connectivity index (χ4v) is 5.99. The molecule has 4 heterocycles. The topological polar surface area (TPSA) is 108 Å². The fourth-order valence-electron chi connectivity index (χ4n) is 4.52. The molecule has 0 unspecified atom stereocenters. The van der Waals surface area contributed by atoms with Crippen LogP contribution < -0.4 is 10.2 Å². The summed E-state index contributed by atoms with van der Waals surface area (Å²) < 4.78 is 33.2. The molecule has 0 saturated carbocycles. The molecule has 2 aliphatic rings. The summed E-state index contributed by atoms with van der Waals surface area (Å²) in [6.07, 6.45) is 3.45. The molecule has 10 heteroatoms. The summed E-state index contributed by atoms with van der Waals surface area (Å²) >= 11 is 0. The Morgan fingerprint density at radius 3 is 2.33 bits per heavy atom. The Hall–Kier alpha value is -3.05. The number of hydrogen-bond donors (Lipinski definition) is 2. The van der Waals surface area contributed by atoms with Crippen LogP contribution in [0, 0.1) is 6.92 Å². The van der Waals surface area contributed by atoms with Crippen molar-refractivity contribution in [1.82, 2.24) is 14.3 Å². The van der Waals surface area contributed by atoms with E-state index >= 15 is 0 Å². The maximum absolute atomic E-state index is 13.2. The van der Waals surface area contributed by atoms with Crippen LogP contribution >= 0.6 is 0 Å². The highest BCUT2D eigenvalue weighted by molar-refractivity contribution is 7.89. The van der Waals surface area contributed by atoms with Crippen LogP contribution in [-0.4, -0.2) is 79.3 Å². The number of piperidine rings is 1. The first kappa shape index (κ1) is 24.6. The van der Waals surface area contributed by atoms with Gasteiger partial charge in [-0.1, -0.05) is 18.2 Å². The Morgan fingerprint density at radius 2 is 1.72 bits per heavy atom. The van der Waals surface area contributed by atoms with Crippen molar-refractivity contribution in [2.45, 2.75) is 36.5 Å². The van der Waals surface area contributed by atoms with Crippen molar-refractivity contribution in [2.75, 3.05) is 43.5 Å². The first-order chi connectivity index (χ1) is 17.3. The molecule has 1 aromatic carbocycles. The van der Waals surface area contributed by atoms with Gasteiger partial charge in [-0.15, -0.1) is 0 Å². The minimum Gasteiger partial charge on any atom is -0.390 e. The number of methoxy groups -OCH3 is 1. The number of aromatic nitrogens is 2. The summed E-state index contributed by atoms with van der Waals surface area (Å²) in [4.78, 5) is 11.2. The first-order valence-corrected chi connectivity index (χ1v) is 13.5. The summed E-state index contributed by atoms with van der Waals surface area (Å²) in [6.45, 7) is 3.97. The lowest BCUT2D eigenvalue weighted by Crippen LogP contribution is -2.52. The van der Waals surface area contributed by atoms with Gasteiger partial charge in [-0.3, -0.25) is 0 Å². The van der Waals surface area contributed by atoms with Crippen LogP contribution in [0.15, 0.2) is 65.8 Å². The van der Waals surface area contributed by atoms with Gasteiger partial charge in [0.2, 0.25) is 10.0 Å². The highest BCUT2D eigenvalue weighted by Gasteiger charge is 2.35. The summed E-state index contributed by atoms with van der Waals surface area (Å²) in [6, 6.07) is 14.3. The molecule has 0 radical (unpaired) electrons. The number of anilines is 2. The van der Waals surface area contributed by atoms with Gasteiger partial charge in [-0.05, 0) is 54.8 Å². The van der Waals surface area contributed by atoms with Crippen LogP contribution in [0.1, 0.15) is 12.0 Å². The number of aryl methyl sites for hydroxylation is 1. The number of nitrogens with one attached hydrogen (secondary N) is 1. The van der Waals surface area contributed by atoms with Gasteiger partial charge < -0.3 is 20.1 Å². The molecular weight excluding hydrogens is 478 g/mol. The zero-order chi connectivity index (χ0) is 25.3. The summed E-state index contributed by atoms with van der Waals surface area (Å²) in [5, 5.41) is 13.9. The Morgan fingerprint density at radius 1 is 0.972 bits per heavy atom. The molecule has 9 nitrogen and oxygen atoms in total. The average Bonchev–Trinajstić information content (AvgIpc) is 2.86. The number of ether oxygens (including phenoxy) is 1. The number of nitrogens with zero attached hydrogens (tertiary/aromatic N) is 4. The Bertz CT molecular complexity index is 1280. The lowest BCUT2D eigenvalue weighted by Gasteiger charge is -2.39. The molecule has 2 N–H and O–H groups in total. The van der Waals surface area contributed by atoms with Crippen molar-refractivity contribution >= 4 is 21.7 Å². The number of β-amino-alcohol motifs (C(OH)–C–C–N with tert-alkyl or cyclic N) is 1. The lowest BCUT2D eigenvalue weighted by atomic mass is 10.0. The van der Waals surface area contributed by atoms with E-state index in [9.17, 15) is 13.5 Å². The monoisotopic (exact) mass is 509 g/mol. The molecule has 0 bridgehead atoms. The van der Waals surface area contributed by atoms with Gasteiger partial charge in [0.1, 0.15) is 11.6 Å². The minimum atomic E-state index is -3.72. The van der Waals surface area contributed by atoms with Gasteiger partial charge in [0.05, 0.1) is 23.1 Å². The molecule has 2 saturated heterocycles. The van der Waals surface area contributed by atoms with E-state index in [0.29, 0.717) is 18.8 Å². The average molecular weight is 510 g/mol. The van der Waals surface area contributed by atoms with Gasteiger partial charge in [-0.2, -0.15) is 4.31 Å². The van der Waals surface area contributed by atoms with E-state index in [1.807, 2.05) is 31.2 Å². The number of aliphatic hydroxyl groups excluding tert-OH is 1. The zero-order valence-corrected chi connectivity index (χ0v) is 21.2. The van der Waals surface area contributed by atoms with E-state index in [0.717, 1.165) is 35.6 Å². The van der Waals surface area contributed by atoms with Gasteiger partial charge in [-0.25, -0.2) is 18.4 Å². The molecule has 36 heavy (non-hydrogen) atoms. The molecule has 2 atom stereocenters. The molecule has 2 aromatic heterocycles. The van der Waals surface area contributed by atoms with Crippen molar-refractivity contribution in [3.05, 3.63) is 66.5 Å². The molecule has 2 fully saturated rings. The summed E-state index contributed by atoms with van der Waals surface area (Å²) in [5.74, 6) is 1.57. The second kappa shape index (κ2) is 10.1. The summed E-state index contributed by atoms with van der Waals surface area (Å²) in [7, 11) is -2.01. The standard InChI is InChI=1S/C26H31N5O4S/c1-18-3-9-25(27-13-18)29-23-11-12-31(17-24(23)32)36(33,34)22-7-4-19(5-8-22)20-6-10-26(28-14-20)30-15-21(16-30)35-2/h3-10,13-14,21,23-24,32H,11-12,15-17H2,1-2H3,(H,27,29)/t23-,24+/m1/s1. The number of sulfonamides is 1. The number of rotatable bonds is 7. The van der Waals surface area contributed by atoms with E-state index in [1.54, 1.807) is 43.8 Å². The maximum atomic E-state index is 13.2. The predicted octanol–water partition coefficient (Wildman–Crippen LogP) is 2.52. The Kier molecular flexibility index (Phi) is 6.94.